The number of amidine groups is 1. The molecule has 0 spiro atoms. The van der Waals surface area contributed by atoms with Gasteiger partial charge < -0.3 is 9.47 Å². The Balaban J connectivity index is 1.70. The largest absolute Gasteiger partial charge is 0.497 e. The fraction of sp³-hybridized carbons (Fsp3) is 0.261. The van der Waals surface area contributed by atoms with Gasteiger partial charge in [0.05, 0.1) is 29.7 Å². The third kappa shape index (κ3) is 3.73. The lowest BCUT2D eigenvalue weighted by Gasteiger charge is -2.33. The molecule has 2 aromatic carbocycles. The molecule has 0 radical (unpaired) electrons. The van der Waals surface area contributed by atoms with Gasteiger partial charge in [0.2, 0.25) is 5.91 Å². The van der Waals surface area contributed by atoms with Gasteiger partial charge in [-0.05, 0) is 37.1 Å². The Morgan fingerprint density at radius 3 is 2.50 bits per heavy atom. The summed E-state index contributed by atoms with van der Waals surface area (Å²) in [6.45, 7) is 3.79. The van der Waals surface area contributed by atoms with Gasteiger partial charge in [-0.15, -0.1) is 0 Å². The molecule has 1 fully saturated rings. The van der Waals surface area contributed by atoms with Crippen molar-refractivity contribution in [1.82, 2.24) is 4.90 Å². The smallest absolute Gasteiger partial charge is 0.338 e. The molecule has 0 bridgehead atoms. The van der Waals surface area contributed by atoms with E-state index in [4.69, 9.17) is 9.47 Å². The minimum absolute atomic E-state index is 0.0690. The highest BCUT2D eigenvalue weighted by Gasteiger charge is 2.46. The minimum atomic E-state index is -0.586. The van der Waals surface area contributed by atoms with Gasteiger partial charge in [-0.1, -0.05) is 54.2 Å². The first kappa shape index (κ1) is 20.2. The number of aliphatic imine (C=N–C) groups is 1. The first-order valence-electron chi connectivity index (χ1n) is 9.63. The van der Waals surface area contributed by atoms with Crippen LogP contribution in [0.3, 0.4) is 0 Å². The third-order valence-corrected chi connectivity index (χ3v) is 6.18. The summed E-state index contributed by atoms with van der Waals surface area (Å²) in [4.78, 5) is 32.2. The van der Waals surface area contributed by atoms with Crippen LogP contribution in [0, 0.1) is 0 Å². The number of allylic oxidation sites excluding steroid dienone is 1. The molecule has 2 aromatic rings. The van der Waals surface area contributed by atoms with Crippen molar-refractivity contribution in [2.24, 2.45) is 4.99 Å². The zero-order valence-corrected chi connectivity index (χ0v) is 17.8. The lowest BCUT2D eigenvalue weighted by molar-refractivity contribution is -0.141. The summed E-state index contributed by atoms with van der Waals surface area (Å²) in [5, 5.41) is 0.363. The van der Waals surface area contributed by atoms with Gasteiger partial charge in [-0.3, -0.25) is 9.69 Å². The van der Waals surface area contributed by atoms with Crippen molar-refractivity contribution >= 4 is 28.8 Å². The maximum Gasteiger partial charge on any atom is 0.338 e. The number of hydrogen-bond donors (Lipinski definition) is 0. The zero-order chi connectivity index (χ0) is 21.3. The lowest BCUT2D eigenvalue weighted by Crippen LogP contribution is -2.40. The van der Waals surface area contributed by atoms with Crippen LogP contribution in [0.5, 0.6) is 5.75 Å². The number of carbonyl (C=O) groups is 2. The molecular formula is C23H22N2O4S. The highest BCUT2D eigenvalue weighted by atomic mass is 32.2. The number of fused-ring (bicyclic) bond motifs is 1. The topological polar surface area (TPSA) is 68.2 Å². The van der Waals surface area contributed by atoms with E-state index < -0.39 is 12.0 Å². The van der Waals surface area contributed by atoms with Gasteiger partial charge in [0.25, 0.3) is 0 Å². The molecule has 0 aromatic heterocycles. The Kier molecular flexibility index (Phi) is 5.63. The standard InChI is InChI=1S/C23H22N2O4S/c1-14-19(22(27)29-13-16-7-5-4-6-8-16)20(17-9-11-18(28-3)12-10-17)25-21(26)15(2)30-23(25)24-14/h4-12,15,20H,13H2,1-3H3/t15-,20-/m1/s1. The summed E-state index contributed by atoms with van der Waals surface area (Å²) in [6.07, 6.45) is 0. The second-order valence-electron chi connectivity index (χ2n) is 7.10. The second kappa shape index (κ2) is 8.36. The van der Waals surface area contributed by atoms with Crippen molar-refractivity contribution in [1.29, 1.82) is 0 Å². The molecule has 2 aliphatic heterocycles. The Bertz CT molecular complexity index is 1030. The molecule has 2 heterocycles. The number of benzene rings is 2. The number of esters is 1. The van der Waals surface area contributed by atoms with Crippen molar-refractivity contribution in [2.45, 2.75) is 31.7 Å². The fourth-order valence-corrected chi connectivity index (χ4v) is 4.60. The summed E-state index contributed by atoms with van der Waals surface area (Å²) in [7, 11) is 1.60. The second-order valence-corrected chi connectivity index (χ2v) is 8.41. The monoisotopic (exact) mass is 422 g/mol. The Labute approximate surface area is 179 Å². The predicted octanol–water partition coefficient (Wildman–Crippen LogP) is 4.09. The number of nitrogens with zero attached hydrogens (tertiary/aromatic N) is 2. The lowest BCUT2D eigenvalue weighted by atomic mass is 9.94. The van der Waals surface area contributed by atoms with Crippen molar-refractivity contribution in [3.63, 3.8) is 0 Å². The van der Waals surface area contributed by atoms with Crippen LogP contribution in [0.1, 0.15) is 31.0 Å². The van der Waals surface area contributed by atoms with E-state index in [9.17, 15) is 9.59 Å². The number of ether oxygens (including phenoxy) is 2. The van der Waals surface area contributed by atoms with Gasteiger partial charge in [0.15, 0.2) is 5.17 Å². The molecule has 0 N–H and O–H groups in total. The molecule has 0 unspecified atom stereocenters. The average molecular weight is 423 g/mol. The van der Waals surface area contributed by atoms with Gasteiger partial charge in [0.1, 0.15) is 12.4 Å². The molecule has 1 amide bonds. The van der Waals surface area contributed by atoms with Crippen LogP contribution < -0.4 is 4.74 Å². The SMILES string of the molecule is COc1ccc([C@@H]2C(C(=O)OCc3ccccc3)=C(C)N=C3S[C@H](C)C(=O)N32)cc1. The summed E-state index contributed by atoms with van der Waals surface area (Å²) in [5.41, 5.74) is 2.64. The number of thioether (sulfide) groups is 1. The van der Waals surface area contributed by atoms with Crippen LogP contribution in [0.2, 0.25) is 0 Å². The highest BCUT2D eigenvalue weighted by Crippen LogP contribution is 2.43. The predicted molar refractivity (Wildman–Crippen MR) is 116 cm³/mol. The van der Waals surface area contributed by atoms with E-state index in [0.717, 1.165) is 11.1 Å². The van der Waals surface area contributed by atoms with E-state index in [1.807, 2.05) is 61.5 Å². The van der Waals surface area contributed by atoms with E-state index in [2.05, 4.69) is 4.99 Å². The van der Waals surface area contributed by atoms with Crippen LogP contribution >= 0.6 is 11.8 Å². The fourth-order valence-electron chi connectivity index (χ4n) is 3.57. The van der Waals surface area contributed by atoms with Gasteiger partial charge in [-0.2, -0.15) is 0 Å². The molecule has 154 valence electrons. The van der Waals surface area contributed by atoms with E-state index in [1.165, 1.54) is 11.8 Å². The van der Waals surface area contributed by atoms with Crippen molar-refractivity contribution in [3.05, 3.63) is 77.0 Å². The molecule has 2 aliphatic rings. The summed E-state index contributed by atoms with van der Waals surface area (Å²) >= 11 is 1.41. The van der Waals surface area contributed by atoms with E-state index in [0.29, 0.717) is 22.2 Å². The number of amides is 1. The van der Waals surface area contributed by atoms with Gasteiger partial charge in [0, 0.05) is 0 Å². The Hall–Kier alpha value is -3.06. The number of hydrogen-bond acceptors (Lipinski definition) is 6. The number of methoxy groups -OCH3 is 1. The molecule has 7 heteroatoms. The first-order chi connectivity index (χ1) is 14.5. The van der Waals surface area contributed by atoms with Crippen LogP contribution in [0.15, 0.2) is 70.9 Å². The third-order valence-electron chi connectivity index (χ3n) is 5.12. The zero-order valence-electron chi connectivity index (χ0n) is 17.0. The number of rotatable bonds is 5. The number of carbonyl (C=O) groups excluding carboxylic acids is 2. The summed E-state index contributed by atoms with van der Waals surface area (Å²) in [5.74, 6) is 0.158. The Morgan fingerprint density at radius 2 is 1.83 bits per heavy atom. The molecule has 0 saturated carbocycles. The first-order valence-corrected chi connectivity index (χ1v) is 10.5. The van der Waals surface area contributed by atoms with Crippen LogP contribution in [-0.4, -0.2) is 34.3 Å². The molecule has 0 aliphatic carbocycles. The Morgan fingerprint density at radius 1 is 1.13 bits per heavy atom. The van der Waals surface area contributed by atoms with Crippen LogP contribution in [0.4, 0.5) is 0 Å². The van der Waals surface area contributed by atoms with E-state index in [1.54, 1.807) is 18.9 Å². The van der Waals surface area contributed by atoms with Gasteiger partial charge in [-0.25, -0.2) is 9.79 Å². The maximum absolute atomic E-state index is 13.1. The van der Waals surface area contributed by atoms with Crippen molar-refractivity contribution < 1.29 is 19.1 Å². The molecule has 2 atom stereocenters. The average Bonchev–Trinajstić information content (AvgIpc) is 3.05. The highest BCUT2D eigenvalue weighted by molar-refractivity contribution is 8.15. The van der Waals surface area contributed by atoms with E-state index >= 15 is 0 Å². The van der Waals surface area contributed by atoms with Crippen molar-refractivity contribution in [2.75, 3.05) is 7.11 Å². The molecule has 1 saturated heterocycles. The molecule has 6 nitrogen and oxygen atoms in total. The molecule has 4 rings (SSSR count). The maximum atomic E-state index is 13.1. The quantitative estimate of drug-likeness (QED) is 0.679. The molecular weight excluding hydrogens is 400 g/mol. The van der Waals surface area contributed by atoms with Crippen molar-refractivity contribution in [3.8, 4) is 5.75 Å². The summed E-state index contributed by atoms with van der Waals surface area (Å²) < 4.78 is 10.9. The molecule has 30 heavy (non-hydrogen) atoms. The minimum Gasteiger partial charge on any atom is -0.497 e. The summed E-state index contributed by atoms with van der Waals surface area (Å²) in [6, 6.07) is 16.3. The van der Waals surface area contributed by atoms with Crippen LogP contribution in [0.25, 0.3) is 0 Å². The van der Waals surface area contributed by atoms with E-state index in [-0.39, 0.29) is 17.8 Å². The normalized spacial score (nSPS) is 20.7. The van der Waals surface area contributed by atoms with Crippen LogP contribution in [-0.2, 0) is 20.9 Å². The van der Waals surface area contributed by atoms with Gasteiger partial charge >= 0.3 is 5.97 Å².